The van der Waals surface area contributed by atoms with E-state index in [-0.39, 0.29) is 12.1 Å². The second kappa shape index (κ2) is 5.86. The van der Waals surface area contributed by atoms with Crippen LogP contribution in [-0.4, -0.2) is 11.1 Å². The normalized spacial score (nSPS) is 12.4. The summed E-state index contributed by atoms with van der Waals surface area (Å²) in [5.74, 6) is 2.19. The van der Waals surface area contributed by atoms with Gasteiger partial charge < -0.3 is 20.2 Å². The minimum absolute atomic E-state index is 0.0441. The van der Waals surface area contributed by atoms with Gasteiger partial charge in [0.25, 0.3) is 0 Å². The molecule has 0 aliphatic heterocycles. The number of nitrogens with two attached hydrogens (primary N) is 1. The van der Waals surface area contributed by atoms with Crippen molar-refractivity contribution in [2.75, 3.05) is 11.1 Å². The molecule has 5 heteroatoms. The fourth-order valence-electron chi connectivity index (χ4n) is 1.93. The van der Waals surface area contributed by atoms with E-state index in [0.717, 1.165) is 17.2 Å². The zero-order chi connectivity index (χ0) is 14.7. The number of nitrogens with one attached hydrogen (secondary N) is 1. The van der Waals surface area contributed by atoms with E-state index in [2.05, 4.69) is 10.3 Å². The van der Waals surface area contributed by atoms with E-state index < -0.39 is 0 Å². The van der Waals surface area contributed by atoms with Crippen molar-refractivity contribution in [3.8, 4) is 5.75 Å². The molecule has 1 unspecified atom stereocenters. The van der Waals surface area contributed by atoms with Crippen molar-refractivity contribution in [1.29, 1.82) is 0 Å². The summed E-state index contributed by atoms with van der Waals surface area (Å²) in [4.78, 5) is 4.21. The second-order valence-corrected chi connectivity index (χ2v) is 5.13. The van der Waals surface area contributed by atoms with Crippen LogP contribution < -0.4 is 15.8 Å². The van der Waals surface area contributed by atoms with E-state index in [1.54, 1.807) is 6.20 Å². The average molecular weight is 275 g/mol. The number of oxazole rings is 1. The summed E-state index contributed by atoms with van der Waals surface area (Å²) in [5, 5.41) is 3.31. The Bertz CT molecular complexity index is 578. The van der Waals surface area contributed by atoms with Gasteiger partial charge in [-0.3, -0.25) is 0 Å². The van der Waals surface area contributed by atoms with Crippen LogP contribution >= 0.6 is 0 Å². The molecule has 0 spiro atoms. The maximum absolute atomic E-state index is 5.89. The fourth-order valence-corrected chi connectivity index (χ4v) is 1.93. The molecule has 108 valence electrons. The summed E-state index contributed by atoms with van der Waals surface area (Å²) < 4.78 is 11.2. The van der Waals surface area contributed by atoms with Gasteiger partial charge in [0.05, 0.1) is 12.3 Å². The van der Waals surface area contributed by atoms with Crippen molar-refractivity contribution >= 4 is 11.4 Å². The third-order valence-electron chi connectivity index (χ3n) is 2.69. The predicted molar refractivity (Wildman–Crippen MR) is 79.9 cm³/mol. The summed E-state index contributed by atoms with van der Waals surface area (Å²) in [5.41, 5.74) is 7.43. The summed E-state index contributed by atoms with van der Waals surface area (Å²) in [6.07, 6.45) is 1.82. The number of rotatable bonds is 5. The molecule has 1 heterocycles. The quantitative estimate of drug-likeness (QED) is 0.817. The van der Waals surface area contributed by atoms with Crippen LogP contribution in [0.1, 0.15) is 38.5 Å². The van der Waals surface area contributed by atoms with Crippen molar-refractivity contribution in [2.45, 2.75) is 39.8 Å². The first-order chi connectivity index (χ1) is 9.44. The van der Waals surface area contributed by atoms with Crippen molar-refractivity contribution in [3.05, 3.63) is 36.0 Å². The summed E-state index contributed by atoms with van der Waals surface area (Å²) in [7, 11) is 0. The first-order valence-corrected chi connectivity index (χ1v) is 6.70. The van der Waals surface area contributed by atoms with Gasteiger partial charge in [-0.15, -0.1) is 0 Å². The van der Waals surface area contributed by atoms with Crippen LogP contribution in [0.15, 0.2) is 28.8 Å². The SMILES string of the molecule is Cc1cnc(C(C)Nc2cc(N)cc(OC(C)C)c2)o1. The number of benzene rings is 1. The van der Waals surface area contributed by atoms with E-state index in [4.69, 9.17) is 14.9 Å². The van der Waals surface area contributed by atoms with Crippen LogP contribution in [0.5, 0.6) is 5.75 Å². The van der Waals surface area contributed by atoms with E-state index in [1.165, 1.54) is 0 Å². The lowest BCUT2D eigenvalue weighted by molar-refractivity contribution is 0.242. The first-order valence-electron chi connectivity index (χ1n) is 6.70. The minimum atomic E-state index is -0.0441. The zero-order valence-corrected chi connectivity index (χ0v) is 12.3. The van der Waals surface area contributed by atoms with Crippen LogP contribution in [0.3, 0.4) is 0 Å². The fraction of sp³-hybridized carbons (Fsp3) is 0.400. The third kappa shape index (κ3) is 3.66. The number of nitrogen functional groups attached to an aromatic ring is 1. The van der Waals surface area contributed by atoms with Crippen LogP contribution in [0.2, 0.25) is 0 Å². The predicted octanol–water partition coefficient (Wildman–Crippen LogP) is 3.53. The molecular formula is C15H21N3O2. The lowest BCUT2D eigenvalue weighted by Gasteiger charge is -2.15. The molecule has 2 rings (SSSR count). The minimum Gasteiger partial charge on any atom is -0.491 e. The molecule has 5 nitrogen and oxygen atoms in total. The molecule has 0 aliphatic rings. The van der Waals surface area contributed by atoms with Gasteiger partial charge in [0.15, 0.2) is 0 Å². The van der Waals surface area contributed by atoms with Crippen LogP contribution in [0, 0.1) is 6.92 Å². The Morgan fingerprint density at radius 2 is 2.00 bits per heavy atom. The molecular weight excluding hydrogens is 254 g/mol. The molecule has 1 aromatic carbocycles. The molecule has 0 bridgehead atoms. The van der Waals surface area contributed by atoms with E-state index in [9.17, 15) is 0 Å². The molecule has 1 aromatic heterocycles. The summed E-state index contributed by atoms with van der Waals surface area (Å²) in [6.45, 7) is 7.82. The molecule has 1 atom stereocenters. The van der Waals surface area contributed by atoms with Crippen molar-refractivity contribution in [2.24, 2.45) is 0 Å². The van der Waals surface area contributed by atoms with Gasteiger partial charge in [0, 0.05) is 23.5 Å². The monoisotopic (exact) mass is 275 g/mol. The Morgan fingerprint density at radius 1 is 1.25 bits per heavy atom. The van der Waals surface area contributed by atoms with Gasteiger partial charge in [-0.05, 0) is 33.8 Å². The number of aryl methyl sites for hydroxylation is 1. The van der Waals surface area contributed by atoms with Crippen molar-refractivity contribution < 1.29 is 9.15 Å². The maximum Gasteiger partial charge on any atom is 0.216 e. The molecule has 0 fully saturated rings. The molecule has 0 saturated heterocycles. The van der Waals surface area contributed by atoms with Gasteiger partial charge in [0.2, 0.25) is 5.89 Å². The number of ether oxygens (including phenoxy) is 1. The molecule has 0 aliphatic carbocycles. The number of anilines is 2. The number of aromatic nitrogens is 1. The van der Waals surface area contributed by atoms with E-state index in [1.807, 2.05) is 45.9 Å². The van der Waals surface area contributed by atoms with E-state index >= 15 is 0 Å². The Hall–Kier alpha value is -2.17. The highest BCUT2D eigenvalue weighted by molar-refractivity contribution is 5.59. The molecule has 2 aromatic rings. The lowest BCUT2D eigenvalue weighted by Crippen LogP contribution is -2.09. The highest BCUT2D eigenvalue weighted by Gasteiger charge is 2.12. The smallest absolute Gasteiger partial charge is 0.216 e. The molecule has 3 N–H and O–H groups in total. The Balaban J connectivity index is 2.14. The largest absolute Gasteiger partial charge is 0.491 e. The van der Waals surface area contributed by atoms with Crippen LogP contribution in [0.25, 0.3) is 0 Å². The molecule has 0 radical (unpaired) electrons. The Morgan fingerprint density at radius 3 is 2.60 bits per heavy atom. The topological polar surface area (TPSA) is 73.3 Å². The van der Waals surface area contributed by atoms with Crippen molar-refractivity contribution in [1.82, 2.24) is 4.98 Å². The standard InChI is InChI=1S/C15H21N3O2/c1-9(2)19-14-6-12(16)5-13(7-14)18-11(4)15-17-8-10(3)20-15/h5-9,11,18H,16H2,1-4H3. The van der Waals surface area contributed by atoms with Crippen LogP contribution in [-0.2, 0) is 0 Å². The highest BCUT2D eigenvalue weighted by Crippen LogP contribution is 2.26. The average Bonchev–Trinajstić information content (AvgIpc) is 2.74. The molecule has 20 heavy (non-hydrogen) atoms. The Labute approximate surface area is 119 Å². The molecule has 0 amide bonds. The lowest BCUT2D eigenvalue weighted by atomic mass is 10.2. The molecule has 0 saturated carbocycles. The van der Waals surface area contributed by atoms with Gasteiger partial charge in [-0.25, -0.2) is 4.98 Å². The van der Waals surface area contributed by atoms with Crippen LogP contribution in [0.4, 0.5) is 11.4 Å². The van der Waals surface area contributed by atoms with Crippen molar-refractivity contribution in [3.63, 3.8) is 0 Å². The summed E-state index contributed by atoms with van der Waals surface area (Å²) >= 11 is 0. The highest BCUT2D eigenvalue weighted by atomic mass is 16.5. The number of hydrogen-bond donors (Lipinski definition) is 2. The van der Waals surface area contributed by atoms with E-state index in [0.29, 0.717) is 11.6 Å². The third-order valence-corrected chi connectivity index (χ3v) is 2.69. The van der Waals surface area contributed by atoms with Gasteiger partial charge >= 0.3 is 0 Å². The first kappa shape index (κ1) is 14.2. The zero-order valence-electron chi connectivity index (χ0n) is 12.3. The Kier molecular flexibility index (Phi) is 4.17. The summed E-state index contributed by atoms with van der Waals surface area (Å²) in [6, 6.07) is 5.55. The van der Waals surface area contributed by atoms with Gasteiger partial charge in [-0.1, -0.05) is 0 Å². The second-order valence-electron chi connectivity index (χ2n) is 5.13. The number of hydrogen-bond acceptors (Lipinski definition) is 5. The van der Waals surface area contributed by atoms with Gasteiger partial charge in [-0.2, -0.15) is 0 Å². The maximum atomic E-state index is 5.89. The van der Waals surface area contributed by atoms with Gasteiger partial charge in [0.1, 0.15) is 17.6 Å². The number of nitrogens with zero attached hydrogens (tertiary/aromatic N) is 1.